The first-order valence-corrected chi connectivity index (χ1v) is 8.31. The highest BCUT2D eigenvalue weighted by Gasteiger charge is 2.32. The summed E-state index contributed by atoms with van der Waals surface area (Å²) in [4.78, 5) is 14.4. The molecule has 0 radical (unpaired) electrons. The van der Waals surface area contributed by atoms with Gasteiger partial charge < -0.3 is 9.64 Å². The SMILES string of the molecule is CNS(=O)(=O)c1ccc(C(=O)N(CCOC)C2CC2)cc1. The smallest absolute Gasteiger partial charge is 0.254 e. The molecule has 2 rings (SSSR count). The summed E-state index contributed by atoms with van der Waals surface area (Å²) in [5.41, 5.74) is 0.494. The van der Waals surface area contributed by atoms with Crippen molar-refractivity contribution in [2.75, 3.05) is 27.3 Å². The minimum Gasteiger partial charge on any atom is -0.383 e. The zero-order chi connectivity index (χ0) is 15.5. The van der Waals surface area contributed by atoms with Crippen molar-refractivity contribution in [1.82, 2.24) is 9.62 Å². The van der Waals surface area contributed by atoms with E-state index in [4.69, 9.17) is 4.74 Å². The fraction of sp³-hybridized carbons (Fsp3) is 0.500. The van der Waals surface area contributed by atoms with Gasteiger partial charge >= 0.3 is 0 Å². The Morgan fingerprint density at radius 1 is 1.33 bits per heavy atom. The molecule has 116 valence electrons. The Bertz CT molecular complexity index is 594. The summed E-state index contributed by atoms with van der Waals surface area (Å²) in [5.74, 6) is -0.0806. The zero-order valence-electron chi connectivity index (χ0n) is 12.2. The van der Waals surface area contributed by atoms with Gasteiger partial charge in [-0.05, 0) is 44.2 Å². The van der Waals surface area contributed by atoms with Crippen LogP contribution < -0.4 is 4.72 Å². The third-order valence-corrected chi connectivity index (χ3v) is 4.90. The number of benzene rings is 1. The predicted molar refractivity (Wildman–Crippen MR) is 78.6 cm³/mol. The summed E-state index contributed by atoms with van der Waals surface area (Å²) in [6.07, 6.45) is 2.03. The highest BCUT2D eigenvalue weighted by atomic mass is 32.2. The van der Waals surface area contributed by atoms with E-state index in [-0.39, 0.29) is 16.8 Å². The van der Waals surface area contributed by atoms with Crippen LogP contribution in [0.1, 0.15) is 23.2 Å². The highest BCUT2D eigenvalue weighted by Crippen LogP contribution is 2.28. The van der Waals surface area contributed by atoms with Gasteiger partial charge in [0, 0.05) is 25.3 Å². The van der Waals surface area contributed by atoms with Crippen LogP contribution in [0.15, 0.2) is 29.2 Å². The van der Waals surface area contributed by atoms with E-state index in [9.17, 15) is 13.2 Å². The van der Waals surface area contributed by atoms with Crippen LogP contribution in [0, 0.1) is 0 Å². The molecule has 1 aliphatic rings. The second kappa shape index (κ2) is 6.55. The molecule has 1 saturated carbocycles. The van der Waals surface area contributed by atoms with Crippen LogP contribution in [-0.2, 0) is 14.8 Å². The second-order valence-corrected chi connectivity index (χ2v) is 6.84. The fourth-order valence-electron chi connectivity index (χ4n) is 2.09. The Labute approximate surface area is 125 Å². The van der Waals surface area contributed by atoms with Gasteiger partial charge in [0.2, 0.25) is 10.0 Å². The maximum atomic E-state index is 12.5. The molecule has 0 saturated heterocycles. The quantitative estimate of drug-likeness (QED) is 0.810. The van der Waals surface area contributed by atoms with Gasteiger partial charge in [0.25, 0.3) is 5.91 Å². The lowest BCUT2D eigenvalue weighted by Crippen LogP contribution is -2.35. The van der Waals surface area contributed by atoms with Crippen LogP contribution in [0.4, 0.5) is 0 Å². The van der Waals surface area contributed by atoms with Crippen molar-refractivity contribution in [2.45, 2.75) is 23.8 Å². The van der Waals surface area contributed by atoms with E-state index < -0.39 is 10.0 Å². The molecule has 1 N–H and O–H groups in total. The molecule has 1 amide bonds. The minimum absolute atomic E-state index is 0.0806. The Morgan fingerprint density at radius 3 is 2.43 bits per heavy atom. The number of rotatable bonds is 7. The summed E-state index contributed by atoms with van der Waals surface area (Å²) in [5, 5.41) is 0. The van der Waals surface area contributed by atoms with Gasteiger partial charge in [0.1, 0.15) is 0 Å². The molecule has 0 bridgehead atoms. The highest BCUT2D eigenvalue weighted by molar-refractivity contribution is 7.89. The lowest BCUT2D eigenvalue weighted by atomic mass is 10.2. The molecule has 1 aromatic carbocycles. The summed E-state index contributed by atoms with van der Waals surface area (Å²) >= 11 is 0. The number of carbonyl (C=O) groups excluding carboxylic acids is 1. The van der Waals surface area contributed by atoms with E-state index in [0.717, 1.165) is 12.8 Å². The van der Waals surface area contributed by atoms with Crippen molar-refractivity contribution in [3.63, 3.8) is 0 Å². The van der Waals surface area contributed by atoms with E-state index in [1.54, 1.807) is 24.1 Å². The number of hydrogen-bond donors (Lipinski definition) is 1. The molecule has 0 atom stereocenters. The first kappa shape index (κ1) is 15.9. The summed E-state index contributed by atoms with van der Waals surface area (Å²) < 4.78 is 30.6. The Morgan fingerprint density at radius 2 is 1.95 bits per heavy atom. The zero-order valence-corrected chi connectivity index (χ0v) is 13.0. The maximum absolute atomic E-state index is 12.5. The molecule has 0 heterocycles. The van der Waals surface area contributed by atoms with Gasteiger partial charge in [0.15, 0.2) is 0 Å². The predicted octanol–water partition coefficient (Wildman–Crippen LogP) is 0.846. The molecular formula is C14H20N2O4S. The molecule has 0 unspecified atom stereocenters. The van der Waals surface area contributed by atoms with E-state index in [0.29, 0.717) is 18.7 Å². The van der Waals surface area contributed by atoms with E-state index >= 15 is 0 Å². The van der Waals surface area contributed by atoms with Crippen molar-refractivity contribution in [2.24, 2.45) is 0 Å². The first-order chi connectivity index (χ1) is 9.99. The molecule has 0 aromatic heterocycles. The van der Waals surface area contributed by atoms with E-state index in [1.807, 2.05) is 0 Å². The number of ether oxygens (including phenoxy) is 1. The van der Waals surface area contributed by atoms with Gasteiger partial charge in [-0.3, -0.25) is 4.79 Å². The topological polar surface area (TPSA) is 75.7 Å². The van der Waals surface area contributed by atoms with Crippen molar-refractivity contribution in [1.29, 1.82) is 0 Å². The van der Waals surface area contributed by atoms with Crippen LogP contribution in [0.25, 0.3) is 0 Å². The normalized spacial score (nSPS) is 15.0. The molecule has 1 fully saturated rings. The number of hydrogen-bond acceptors (Lipinski definition) is 4. The molecule has 7 heteroatoms. The fourth-order valence-corrected chi connectivity index (χ4v) is 2.82. The van der Waals surface area contributed by atoms with Crippen molar-refractivity contribution in [3.05, 3.63) is 29.8 Å². The number of sulfonamides is 1. The third-order valence-electron chi connectivity index (χ3n) is 3.47. The van der Waals surface area contributed by atoms with Crippen LogP contribution in [0.2, 0.25) is 0 Å². The largest absolute Gasteiger partial charge is 0.383 e. The van der Waals surface area contributed by atoms with Crippen LogP contribution in [-0.4, -0.2) is 52.6 Å². The monoisotopic (exact) mass is 312 g/mol. The van der Waals surface area contributed by atoms with Gasteiger partial charge in [-0.15, -0.1) is 0 Å². The van der Waals surface area contributed by atoms with Crippen molar-refractivity contribution in [3.8, 4) is 0 Å². The number of amides is 1. The summed E-state index contributed by atoms with van der Waals surface area (Å²) in [6.45, 7) is 1.05. The summed E-state index contributed by atoms with van der Waals surface area (Å²) in [7, 11) is -0.515. The lowest BCUT2D eigenvalue weighted by Gasteiger charge is -2.22. The van der Waals surface area contributed by atoms with Crippen molar-refractivity contribution < 1.29 is 17.9 Å². The first-order valence-electron chi connectivity index (χ1n) is 6.83. The molecule has 0 aliphatic heterocycles. The van der Waals surface area contributed by atoms with Crippen LogP contribution >= 0.6 is 0 Å². The Balaban J connectivity index is 2.15. The van der Waals surface area contributed by atoms with Crippen molar-refractivity contribution >= 4 is 15.9 Å². The third kappa shape index (κ3) is 3.81. The van der Waals surface area contributed by atoms with Gasteiger partial charge in [-0.25, -0.2) is 13.1 Å². The molecule has 1 aromatic rings. The molecule has 1 aliphatic carbocycles. The Hall–Kier alpha value is -1.44. The number of carbonyl (C=O) groups is 1. The lowest BCUT2D eigenvalue weighted by molar-refractivity contribution is 0.0680. The van der Waals surface area contributed by atoms with Crippen LogP contribution in [0.3, 0.4) is 0 Å². The van der Waals surface area contributed by atoms with Gasteiger partial charge in [-0.1, -0.05) is 0 Å². The van der Waals surface area contributed by atoms with Crippen LogP contribution in [0.5, 0.6) is 0 Å². The van der Waals surface area contributed by atoms with Gasteiger partial charge in [0.05, 0.1) is 11.5 Å². The average molecular weight is 312 g/mol. The minimum atomic E-state index is -3.47. The molecule has 6 nitrogen and oxygen atoms in total. The molecule has 21 heavy (non-hydrogen) atoms. The second-order valence-electron chi connectivity index (χ2n) is 4.95. The molecule has 0 spiro atoms. The Kier molecular flexibility index (Phi) is 4.97. The maximum Gasteiger partial charge on any atom is 0.254 e. The summed E-state index contributed by atoms with van der Waals surface area (Å²) in [6, 6.07) is 6.28. The number of nitrogens with one attached hydrogen (secondary N) is 1. The standard InChI is InChI=1S/C14H20N2O4S/c1-15-21(18,19)13-7-3-11(4-8-13)14(17)16(9-10-20-2)12-5-6-12/h3-4,7-8,12,15H,5-6,9-10H2,1-2H3. The number of nitrogens with zero attached hydrogens (tertiary/aromatic N) is 1. The average Bonchev–Trinajstić information content (AvgIpc) is 3.32. The molecular weight excluding hydrogens is 292 g/mol. The van der Waals surface area contributed by atoms with E-state index in [2.05, 4.69) is 4.72 Å². The number of methoxy groups -OCH3 is 1. The van der Waals surface area contributed by atoms with Gasteiger partial charge in [-0.2, -0.15) is 0 Å². The van der Waals surface area contributed by atoms with E-state index in [1.165, 1.54) is 19.2 Å².